The molecule has 0 aromatic carbocycles. The van der Waals surface area contributed by atoms with Gasteiger partial charge in [0, 0.05) is 18.2 Å². The van der Waals surface area contributed by atoms with Crippen molar-refractivity contribution in [1.29, 1.82) is 0 Å². The zero-order valence-corrected chi connectivity index (χ0v) is 10.1. The molecule has 84 valence electrons. The van der Waals surface area contributed by atoms with Crippen LogP contribution in [0.3, 0.4) is 0 Å². The first-order valence-corrected chi connectivity index (χ1v) is 5.86. The molecule has 0 unspecified atom stereocenters. The highest BCUT2D eigenvalue weighted by Crippen LogP contribution is 2.34. The van der Waals surface area contributed by atoms with Crippen molar-refractivity contribution in [3.63, 3.8) is 0 Å². The van der Waals surface area contributed by atoms with Crippen LogP contribution in [0.15, 0.2) is 4.52 Å². The molecule has 0 bridgehead atoms. The van der Waals surface area contributed by atoms with Gasteiger partial charge >= 0.3 is 0 Å². The lowest BCUT2D eigenvalue weighted by Crippen LogP contribution is -2.34. The van der Waals surface area contributed by atoms with Gasteiger partial charge in [0.05, 0.1) is 5.69 Å². The van der Waals surface area contributed by atoms with Crippen LogP contribution in [0.1, 0.15) is 51.3 Å². The van der Waals surface area contributed by atoms with Gasteiger partial charge in [0.15, 0.2) is 0 Å². The van der Waals surface area contributed by atoms with Gasteiger partial charge in [-0.3, -0.25) is 0 Å². The minimum absolute atomic E-state index is 0.463. The van der Waals surface area contributed by atoms with E-state index in [9.17, 15) is 0 Å². The van der Waals surface area contributed by atoms with Crippen molar-refractivity contribution in [3.05, 3.63) is 11.3 Å². The van der Waals surface area contributed by atoms with E-state index in [1.807, 2.05) is 0 Å². The van der Waals surface area contributed by atoms with Crippen LogP contribution in [0.25, 0.3) is 0 Å². The Morgan fingerprint density at radius 1 is 1.27 bits per heavy atom. The molecular formula is C12H20N2O. The summed E-state index contributed by atoms with van der Waals surface area (Å²) in [5.41, 5.74) is 2.49. The van der Waals surface area contributed by atoms with Gasteiger partial charge in [0.1, 0.15) is 0 Å². The Labute approximate surface area is 91.4 Å². The molecule has 1 aromatic heterocycles. The van der Waals surface area contributed by atoms with Crippen LogP contribution in [-0.4, -0.2) is 17.7 Å². The molecule has 3 heteroatoms. The van der Waals surface area contributed by atoms with Crippen LogP contribution >= 0.6 is 0 Å². The third-order valence-corrected chi connectivity index (χ3v) is 3.05. The maximum Gasteiger partial charge on any atom is 0.230 e. The summed E-state index contributed by atoms with van der Waals surface area (Å²) >= 11 is 0. The maximum atomic E-state index is 5.50. The monoisotopic (exact) mass is 208 g/mol. The van der Waals surface area contributed by atoms with Crippen LogP contribution in [0, 0.1) is 0 Å². The van der Waals surface area contributed by atoms with Crippen molar-refractivity contribution in [2.75, 3.05) is 11.4 Å². The first kappa shape index (κ1) is 10.5. The average Bonchev–Trinajstić information content (AvgIpc) is 2.59. The Kier molecular flexibility index (Phi) is 2.72. The quantitative estimate of drug-likeness (QED) is 0.748. The zero-order valence-electron chi connectivity index (χ0n) is 10.1. The first-order valence-electron chi connectivity index (χ1n) is 5.86. The van der Waals surface area contributed by atoms with Crippen molar-refractivity contribution >= 4 is 5.88 Å². The Morgan fingerprint density at radius 3 is 2.60 bits per heavy atom. The van der Waals surface area contributed by atoms with Gasteiger partial charge in [-0.1, -0.05) is 19.0 Å². The molecule has 0 N–H and O–H groups in total. The standard InChI is InChI=1S/C12H20N2O/c1-8(2)11-10-6-5-7-14(9(3)4)12(10)15-13-11/h8-9H,5-7H2,1-4H3. The van der Waals surface area contributed by atoms with Crippen LogP contribution in [0.4, 0.5) is 5.88 Å². The van der Waals surface area contributed by atoms with Crippen LogP contribution < -0.4 is 4.90 Å². The summed E-state index contributed by atoms with van der Waals surface area (Å²) in [5, 5.41) is 4.21. The Morgan fingerprint density at radius 2 is 2.00 bits per heavy atom. The highest BCUT2D eigenvalue weighted by atomic mass is 16.5. The van der Waals surface area contributed by atoms with E-state index in [4.69, 9.17) is 4.52 Å². The highest BCUT2D eigenvalue weighted by Gasteiger charge is 2.27. The van der Waals surface area contributed by atoms with Crippen molar-refractivity contribution < 1.29 is 4.52 Å². The number of rotatable bonds is 2. The first-order chi connectivity index (χ1) is 7.11. The summed E-state index contributed by atoms with van der Waals surface area (Å²) in [5.74, 6) is 1.48. The zero-order chi connectivity index (χ0) is 11.0. The van der Waals surface area contributed by atoms with Crippen LogP contribution in [0.5, 0.6) is 0 Å². The van der Waals surface area contributed by atoms with E-state index in [2.05, 4.69) is 37.8 Å². The van der Waals surface area contributed by atoms with Crippen LogP contribution in [0.2, 0.25) is 0 Å². The van der Waals surface area contributed by atoms with Crippen molar-refractivity contribution in [2.45, 2.75) is 52.5 Å². The Hall–Kier alpha value is -0.990. The molecule has 3 nitrogen and oxygen atoms in total. The summed E-state index contributed by atoms with van der Waals surface area (Å²) < 4.78 is 5.50. The topological polar surface area (TPSA) is 29.3 Å². The molecule has 1 aliphatic heterocycles. The van der Waals surface area contributed by atoms with Crippen molar-refractivity contribution in [3.8, 4) is 0 Å². The molecule has 0 fully saturated rings. The minimum Gasteiger partial charge on any atom is -0.338 e. The highest BCUT2D eigenvalue weighted by molar-refractivity contribution is 5.49. The maximum absolute atomic E-state index is 5.50. The molecule has 0 saturated heterocycles. The lowest BCUT2D eigenvalue weighted by atomic mass is 9.98. The molecule has 0 aliphatic carbocycles. The number of nitrogens with zero attached hydrogens (tertiary/aromatic N) is 2. The lowest BCUT2D eigenvalue weighted by Gasteiger charge is -2.30. The fourth-order valence-corrected chi connectivity index (χ4v) is 2.25. The summed E-state index contributed by atoms with van der Waals surface area (Å²) in [6.07, 6.45) is 2.34. The second-order valence-electron chi connectivity index (χ2n) is 4.90. The fraction of sp³-hybridized carbons (Fsp3) is 0.750. The van der Waals surface area contributed by atoms with E-state index in [-0.39, 0.29) is 0 Å². The summed E-state index contributed by atoms with van der Waals surface area (Å²) in [6.45, 7) is 9.84. The minimum atomic E-state index is 0.463. The van der Waals surface area contributed by atoms with E-state index in [0.717, 1.165) is 24.5 Å². The molecule has 0 amide bonds. The molecular weight excluding hydrogens is 188 g/mol. The largest absolute Gasteiger partial charge is 0.338 e. The molecule has 2 heterocycles. The Bertz CT molecular complexity index is 341. The summed E-state index contributed by atoms with van der Waals surface area (Å²) in [4.78, 5) is 2.32. The van der Waals surface area contributed by atoms with Crippen molar-refractivity contribution in [1.82, 2.24) is 5.16 Å². The van der Waals surface area contributed by atoms with Gasteiger partial charge in [0.25, 0.3) is 0 Å². The van der Waals surface area contributed by atoms with Gasteiger partial charge in [-0.25, -0.2) is 0 Å². The molecule has 0 radical (unpaired) electrons. The molecule has 1 aliphatic rings. The number of anilines is 1. The predicted octanol–water partition coefficient (Wildman–Crippen LogP) is 2.96. The lowest BCUT2D eigenvalue weighted by molar-refractivity contribution is 0.394. The summed E-state index contributed by atoms with van der Waals surface area (Å²) in [6, 6.07) is 0.497. The van der Waals surface area contributed by atoms with Gasteiger partial charge in [-0.15, -0.1) is 0 Å². The normalized spacial score (nSPS) is 16.3. The van der Waals surface area contributed by atoms with Crippen molar-refractivity contribution in [2.24, 2.45) is 0 Å². The molecule has 2 rings (SSSR count). The molecule has 0 saturated carbocycles. The third kappa shape index (κ3) is 1.75. The smallest absolute Gasteiger partial charge is 0.230 e. The summed E-state index contributed by atoms with van der Waals surface area (Å²) in [7, 11) is 0. The molecule has 15 heavy (non-hydrogen) atoms. The average molecular weight is 208 g/mol. The van der Waals surface area contributed by atoms with Gasteiger partial charge < -0.3 is 9.42 Å². The molecule has 0 spiro atoms. The molecule has 1 aromatic rings. The van der Waals surface area contributed by atoms with E-state index in [0.29, 0.717) is 12.0 Å². The number of fused-ring (bicyclic) bond motifs is 1. The van der Waals surface area contributed by atoms with Gasteiger partial charge in [0.2, 0.25) is 5.88 Å². The van der Waals surface area contributed by atoms with Gasteiger partial charge in [-0.2, -0.15) is 0 Å². The van der Waals surface area contributed by atoms with E-state index < -0.39 is 0 Å². The van der Waals surface area contributed by atoms with E-state index >= 15 is 0 Å². The SMILES string of the molecule is CC(C)c1noc2c1CCCN2C(C)C. The second kappa shape index (κ2) is 3.87. The fourth-order valence-electron chi connectivity index (χ4n) is 2.25. The van der Waals surface area contributed by atoms with E-state index in [1.54, 1.807) is 0 Å². The second-order valence-corrected chi connectivity index (χ2v) is 4.90. The number of hydrogen-bond acceptors (Lipinski definition) is 3. The predicted molar refractivity (Wildman–Crippen MR) is 61.4 cm³/mol. The Balaban J connectivity index is 2.38. The molecule has 0 atom stereocenters. The third-order valence-electron chi connectivity index (χ3n) is 3.05. The van der Waals surface area contributed by atoms with Crippen LogP contribution in [-0.2, 0) is 6.42 Å². The number of aromatic nitrogens is 1. The number of hydrogen-bond donors (Lipinski definition) is 0. The van der Waals surface area contributed by atoms with Gasteiger partial charge in [-0.05, 0) is 32.6 Å². The van der Waals surface area contributed by atoms with E-state index in [1.165, 1.54) is 12.0 Å².